The second-order valence-electron chi connectivity index (χ2n) is 13.4. The van der Waals surface area contributed by atoms with Crippen LogP contribution in [-0.4, -0.2) is 85.2 Å². The average molecular weight is 632 g/mol. The van der Waals surface area contributed by atoms with Crippen LogP contribution in [0.4, 0.5) is 0 Å². The highest BCUT2D eigenvalue weighted by Crippen LogP contribution is 2.51. The lowest BCUT2D eigenvalue weighted by Gasteiger charge is -2.35. The lowest BCUT2D eigenvalue weighted by molar-refractivity contribution is 0.630. The van der Waals surface area contributed by atoms with Gasteiger partial charge in [0.1, 0.15) is 75.4 Å². The summed E-state index contributed by atoms with van der Waals surface area (Å²) in [6.07, 6.45) is 0. The van der Waals surface area contributed by atoms with Crippen molar-refractivity contribution in [1.29, 1.82) is 0 Å². The van der Waals surface area contributed by atoms with Gasteiger partial charge in [0.25, 0.3) is 0 Å². The van der Waals surface area contributed by atoms with Gasteiger partial charge in [0, 0.05) is 37.2 Å². The molecule has 0 saturated heterocycles. The molecule has 0 unspecified atom stereocenters. The van der Waals surface area contributed by atoms with E-state index in [0.29, 0.717) is 11.2 Å². The highest BCUT2D eigenvalue weighted by atomic mass is 32.1. The van der Waals surface area contributed by atoms with Gasteiger partial charge in [-0.05, 0) is 41.0 Å². The molecule has 0 amide bonds. The normalized spacial score (nSPS) is 13.5. The largest absolute Gasteiger partial charge is 0.300 e. The zero-order valence-corrected chi connectivity index (χ0v) is 28.0. The Kier molecular flexibility index (Phi) is 6.76. The molecule has 3 nitrogen and oxygen atoms in total. The molecular formula is C37H16B9N3S. The number of thiophene rings is 1. The van der Waals surface area contributed by atoms with E-state index in [1.54, 1.807) is 11.3 Å². The van der Waals surface area contributed by atoms with Crippen LogP contribution in [0.3, 0.4) is 0 Å². The Morgan fingerprint density at radius 1 is 0.600 bits per heavy atom. The van der Waals surface area contributed by atoms with Crippen molar-refractivity contribution in [3.63, 3.8) is 0 Å². The Bertz CT molecular complexity index is 2830. The van der Waals surface area contributed by atoms with E-state index >= 15 is 0 Å². The second-order valence-corrected chi connectivity index (χ2v) is 14.4. The SMILES string of the molecule is [B]c1c([B])c([B])c(-c2nc(-c3ccc4c(c3)C(C)(C)c3cccc5c6c7ccccc7sc6n-4c35)nc3c([B])c([B])c([B])c([B])c23)c([B])c1[B]. The quantitative estimate of drug-likeness (QED) is 0.231. The maximum atomic E-state index is 6.58. The monoisotopic (exact) mass is 633 g/mol. The van der Waals surface area contributed by atoms with Crippen LogP contribution in [0, 0.1) is 0 Å². The standard InChI is InChI=1S/C37H16B9N3S/c1-37(2)16-8-5-7-15-20-14-6-3-4-9-19(14)50-36(20)49(34(15)16)18-11-10-13(12-17(18)37)35-47-32(21-23(38)26(41)29(44)27(42)24(21)39)22-25(40)28(43)30(45)31(46)33(22)48-35/h3-12H,1-2H3. The molecule has 1 aliphatic heterocycles. The van der Waals surface area contributed by atoms with Crippen LogP contribution in [0.25, 0.3) is 70.4 Å². The van der Waals surface area contributed by atoms with E-state index in [0.717, 1.165) is 16.8 Å². The number of para-hydroxylation sites is 1. The Balaban J connectivity index is 1.36. The molecule has 0 aliphatic carbocycles. The Hall–Kier alpha value is -4.22. The van der Waals surface area contributed by atoms with E-state index in [2.05, 4.69) is 73.0 Å². The first-order valence-corrected chi connectivity index (χ1v) is 16.7. The summed E-state index contributed by atoms with van der Waals surface area (Å²) in [5.41, 5.74) is 6.54. The first-order valence-electron chi connectivity index (χ1n) is 15.9. The van der Waals surface area contributed by atoms with Gasteiger partial charge in [-0.25, -0.2) is 9.97 Å². The minimum absolute atomic E-state index is 0.0646. The van der Waals surface area contributed by atoms with Crippen molar-refractivity contribution in [2.75, 3.05) is 0 Å². The van der Waals surface area contributed by atoms with Crippen molar-refractivity contribution < 1.29 is 0 Å². The number of hydrogen-bond donors (Lipinski definition) is 0. The van der Waals surface area contributed by atoms with Gasteiger partial charge in [0.05, 0.1) is 22.4 Å². The minimum Gasteiger partial charge on any atom is -0.300 e. The molecule has 13 heteroatoms. The zero-order chi connectivity index (χ0) is 35.1. The molecule has 50 heavy (non-hydrogen) atoms. The molecule has 0 N–H and O–H groups in total. The molecule has 212 valence electrons. The molecule has 0 bridgehead atoms. The van der Waals surface area contributed by atoms with Crippen molar-refractivity contribution in [3.8, 4) is 28.3 Å². The average Bonchev–Trinajstić information content (AvgIpc) is 3.65. The van der Waals surface area contributed by atoms with Crippen LogP contribution in [0.15, 0.2) is 60.7 Å². The Labute approximate surface area is 305 Å². The van der Waals surface area contributed by atoms with Gasteiger partial charge < -0.3 is 4.57 Å². The van der Waals surface area contributed by atoms with Gasteiger partial charge in [-0.3, -0.25) is 0 Å². The van der Waals surface area contributed by atoms with E-state index in [4.69, 9.17) is 80.6 Å². The molecule has 9 rings (SSSR count). The summed E-state index contributed by atoms with van der Waals surface area (Å²) < 4.78 is 3.64. The summed E-state index contributed by atoms with van der Waals surface area (Å²) in [6.45, 7) is 4.48. The predicted molar refractivity (Wildman–Crippen MR) is 221 cm³/mol. The number of benzene rings is 5. The molecule has 18 radical (unpaired) electrons. The summed E-state index contributed by atoms with van der Waals surface area (Å²) in [7, 11) is 57.7. The third-order valence-corrected chi connectivity index (χ3v) is 11.5. The Morgan fingerprint density at radius 2 is 1.24 bits per heavy atom. The third kappa shape index (κ3) is 3.99. The number of rotatable bonds is 2. The smallest absolute Gasteiger partial charge is 0.160 e. The highest BCUT2D eigenvalue weighted by molar-refractivity contribution is 7.25. The van der Waals surface area contributed by atoms with E-state index in [9.17, 15) is 0 Å². The lowest BCUT2D eigenvalue weighted by Crippen LogP contribution is -2.55. The van der Waals surface area contributed by atoms with Crippen molar-refractivity contribution in [1.82, 2.24) is 14.5 Å². The van der Waals surface area contributed by atoms with Crippen LogP contribution in [-0.2, 0) is 5.41 Å². The fourth-order valence-corrected chi connectivity index (χ4v) is 8.90. The number of hydrogen-bond acceptors (Lipinski definition) is 3. The van der Waals surface area contributed by atoms with Crippen molar-refractivity contribution >= 4 is 173 Å². The van der Waals surface area contributed by atoms with E-state index in [1.165, 1.54) is 36.8 Å². The highest BCUT2D eigenvalue weighted by Gasteiger charge is 2.36. The molecule has 8 aromatic rings. The first kappa shape index (κ1) is 31.7. The number of aromatic nitrogens is 3. The first-order chi connectivity index (χ1) is 23.8. The molecule has 0 atom stereocenters. The molecule has 1 aliphatic rings. The zero-order valence-electron chi connectivity index (χ0n) is 27.2. The van der Waals surface area contributed by atoms with Crippen LogP contribution in [0.5, 0.6) is 0 Å². The van der Waals surface area contributed by atoms with Gasteiger partial charge in [-0.15, -0.1) is 38.7 Å². The van der Waals surface area contributed by atoms with Crippen LogP contribution in [0.2, 0.25) is 0 Å². The van der Waals surface area contributed by atoms with Crippen LogP contribution in [0.1, 0.15) is 25.0 Å². The number of fused-ring (bicyclic) bond motifs is 8. The second kappa shape index (κ2) is 10.7. The van der Waals surface area contributed by atoms with Crippen molar-refractivity contribution in [2.45, 2.75) is 19.3 Å². The van der Waals surface area contributed by atoms with Gasteiger partial charge in [0.2, 0.25) is 0 Å². The molecule has 0 spiro atoms. The summed E-state index contributed by atoms with van der Waals surface area (Å²) in [6, 6.07) is 21.4. The van der Waals surface area contributed by atoms with E-state index in [1.807, 2.05) is 6.07 Å². The summed E-state index contributed by atoms with van der Waals surface area (Å²) >= 11 is 1.80. The van der Waals surface area contributed by atoms with Gasteiger partial charge in [-0.1, -0.05) is 72.1 Å². The molecule has 4 heterocycles. The number of nitrogens with zero attached hydrogens (tertiary/aromatic N) is 3. The maximum absolute atomic E-state index is 6.58. The molecule has 0 saturated carbocycles. The Morgan fingerprint density at radius 3 is 1.98 bits per heavy atom. The van der Waals surface area contributed by atoms with Gasteiger partial charge >= 0.3 is 0 Å². The van der Waals surface area contributed by atoms with Crippen molar-refractivity contribution in [2.24, 2.45) is 0 Å². The summed E-state index contributed by atoms with van der Waals surface area (Å²) in [5, 5.41) is 4.07. The van der Waals surface area contributed by atoms with E-state index < -0.39 is 0 Å². The maximum Gasteiger partial charge on any atom is 0.160 e. The molecule has 0 fully saturated rings. The van der Waals surface area contributed by atoms with Crippen molar-refractivity contribution in [3.05, 3.63) is 71.8 Å². The third-order valence-electron chi connectivity index (χ3n) is 10.4. The van der Waals surface area contributed by atoms with Crippen LogP contribution >= 0.6 is 11.3 Å². The summed E-state index contributed by atoms with van der Waals surface area (Å²) in [4.78, 5) is 11.2. The van der Waals surface area contributed by atoms with Gasteiger partial charge in [0.15, 0.2) is 5.82 Å². The van der Waals surface area contributed by atoms with E-state index in [-0.39, 0.29) is 71.4 Å². The molecule has 5 aromatic carbocycles. The van der Waals surface area contributed by atoms with Crippen LogP contribution < -0.4 is 49.2 Å². The van der Waals surface area contributed by atoms with Gasteiger partial charge in [-0.2, -0.15) is 0 Å². The molecular weight excluding hydrogens is 616 g/mol. The topological polar surface area (TPSA) is 30.7 Å². The fraction of sp³-hybridized carbons (Fsp3) is 0.0811. The predicted octanol–water partition coefficient (Wildman–Crippen LogP) is -0.941. The molecule has 3 aromatic heterocycles. The minimum atomic E-state index is -0.381. The lowest BCUT2D eigenvalue weighted by atomic mass is 9.59. The fourth-order valence-electron chi connectivity index (χ4n) is 7.67. The summed E-state index contributed by atoms with van der Waals surface area (Å²) in [5.74, 6) is 0.331.